The highest BCUT2D eigenvalue weighted by molar-refractivity contribution is 5.73. The van der Waals surface area contributed by atoms with Gasteiger partial charge in [0.25, 0.3) is 0 Å². The van der Waals surface area contributed by atoms with E-state index in [-0.39, 0.29) is 11.7 Å². The van der Waals surface area contributed by atoms with Gasteiger partial charge in [0.05, 0.1) is 0 Å². The van der Waals surface area contributed by atoms with Gasteiger partial charge in [-0.05, 0) is 35.1 Å². The van der Waals surface area contributed by atoms with Gasteiger partial charge in [0.2, 0.25) is 5.91 Å². The Morgan fingerprint density at radius 3 is 2.39 bits per heavy atom. The van der Waals surface area contributed by atoms with Gasteiger partial charge in [-0.3, -0.25) is 9.69 Å². The summed E-state index contributed by atoms with van der Waals surface area (Å²) in [6, 6.07) is 17.4. The molecule has 4 heteroatoms. The lowest BCUT2D eigenvalue weighted by molar-refractivity contribution is -0.130. The number of hydrogen-bond acceptors (Lipinski definition) is 2. The fourth-order valence-corrected chi connectivity index (χ4v) is 4.26. The number of amides is 1. The summed E-state index contributed by atoms with van der Waals surface area (Å²) in [5.74, 6) is 1.02. The number of likely N-dealkylation sites (tertiary alicyclic amines) is 1. The van der Waals surface area contributed by atoms with E-state index in [2.05, 4.69) is 43.0 Å². The van der Waals surface area contributed by atoms with E-state index in [9.17, 15) is 9.18 Å². The third-order valence-corrected chi connectivity index (χ3v) is 5.55. The van der Waals surface area contributed by atoms with E-state index >= 15 is 0 Å². The summed E-state index contributed by atoms with van der Waals surface area (Å²) < 4.78 is 13.4. The van der Waals surface area contributed by atoms with E-state index in [4.69, 9.17) is 0 Å². The van der Waals surface area contributed by atoms with Crippen LogP contribution in [0.2, 0.25) is 0 Å². The first-order valence-corrected chi connectivity index (χ1v) is 10.2. The fraction of sp³-hybridized carbons (Fsp3) is 0.458. The predicted octanol–water partition coefficient (Wildman–Crippen LogP) is 4.55. The first-order valence-electron chi connectivity index (χ1n) is 10.2. The number of halogens is 1. The molecule has 0 saturated carbocycles. The zero-order valence-corrected chi connectivity index (χ0v) is 17.1. The molecule has 0 N–H and O–H groups in total. The summed E-state index contributed by atoms with van der Waals surface area (Å²) in [6.45, 7) is 10.2. The average molecular weight is 383 g/mol. The van der Waals surface area contributed by atoms with Crippen LogP contribution in [0.15, 0.2) is 54.6 Å². The van der Waals surface area contributed by atoms with Gasteiger partial charge < -0.3 is 4.90 Å². The second-order valence-corrected chi connectivity index (χ2v) is 8.42. The van der Waals surface area contributed by atoms with Crippen molar-refractivity contribution in [3.05, 3.63) is 71.5 Å². The molecule has 0 radical (unpaired) electrons. The number of carbonyl (C=O) groups is 1. The van der Waals surface area contributed by atoms with Gasteiger partial charge >= 0.3 is 0 Å². The lowest BCUT2D eigenvalue weighted by atomic mass is 9.88. The summed E-state index contributed by atoms with van der Waals surface area (Å²) >= 11 is 0. The van der Waals surface area contributed by atoms with Crippen molar-refractivity contribution in [1.29, 1.82) is 0 Å². The minimum absolute atomic E-state index is 0.132. The van der Waals surface area contributed by atoms with Crippen molar-refractivity contribution >= 4 is 5.91 Å². The largest absolute Gasteiger partial charge is 0.342 e. The predicted molar refractivity (Wildman–Crippen MR) is 111 cm³/mol. The molecule has 1 saturated heterocycles. The summed E-state index contributed by atoms with van der Waals surface area (Å²) in [4.78, 5) is 16.6. The highest BCUT2D eigenvalue weighted by atomic mass is 19.1. The van der Waals surface area contributed by atoms with Crippen LogP contribution in [0.4, 0.5) is 4.39 Å². The molecule has 0 aromatic heterocycles. The number of nitrogens with zero attached hydrogens (tertiary/aromatic N) is 2. The zero-order chi connectivity index (χ0) is 20.1. The second-order valence-electron chi connectivity index (χ2n) is 8.42. The van der Waals surface area contributed by atoms with Crippen molar-refractivity contribution < 1.29 is 9.18 Å². The van der Waals surface area contributed by atoms with E-state index in [1.54, 1.807) is 19.1 Å². The normalized spacial score (nSPS) is 19.9. The van der Waals surface area contributed by atoms with Crippen molar-refractivity contribution in [2.24, 2.45) is 11.8 Å². The smallest absolute Gasteiger partial charge is 0.219 e. The third kappa shape index (κ3) is 5.41. The van der Waals surface area contributed by atoms with Crippen molar-refractivity contribution in [1.82, 2.24) is 9.80 Å². The second kappa shape index (κ2) is 9.33. The Kier molecular flexibility index (Phi) is 6.84. The minimum Gasteiger partial charge on any atom is -0.342 e. The van der Waals surface area contributed by atoms with Crippen LogP contribution >= 0.6 is 0 Å². The van der Waals surface area contributed by atoms with Crippen LogP contribution < -0.4 is 0 Å². The van der Waals surface area contributed by atoms with Crippen LogP contribution in [0.25, 0.3) is 0 Å². The molecule has 1 amide bonds. The summed E-state index contributed by atoms with van der Waals surface area (Å²) in [5, 5.41) is 0. The van der Waals surface area contributed by atoms with Crippen molar-refractivity contribution in [3.8, 4) is 0 Å². The van der Waals surface area contributed by atoms with Crippen LogP contribution in [0.1, 0.15) is 37.8 Å². The van der Waals surface area contributed by atoms with Gasteiger partial charge in [0, 0.05) is 45.6 Å². The van der Waals surface area contributed by atoms with Gasteiger partial charge in [-0.25, -0.2) is 4.39 Å². The summed E-state index contributed by atoms with van der Waals surface area (Å²) in [5.41, 5.74) is 2.46. The molecule has 2 aromatic rings. The van der Waals surface area contributed by atoms with Crippen molar-refractivity contribution in [2.75, 3.05) is 26.2 Å². The van der Waals surface area contributed by atoms with Crippen LogP contribution in [0, 0.1) is 17.7 Å². The molecular formula is C24H31FN2O. The van der Waals surface area contributed by atoms with Crippen LogP contribution in [0.3, 0.4) is 0 Å². The van der Waals surface area contributed by atoms with Crippen molar-refractivity contribution in [2.45, 2.75) is 33.2 Å². The molecule has 3 rings (SSSR count). The highest BCUT2D eigenvalue weighted by Gasteiger charge is 2.35. The Morgan fingerprint density at radius 1 is 1.11 bits per heavy atom. The summed E-state index contributed by atoms with van der Waals surface area (Å²) in [7, 11) is 0. The van der Waals surface area contributed by atoms with Gasteiger partial charge in [0.1, 0.15) is 5.82 Å². The Labute approximate surface area is 168 Å². The lowest BCUT2D eigenvalue weighted by Crippen LogP contribution is -2.38. The number of carbonyl (C=O) groups excluding carboxylic acids is 1. The van der Waals surface area contributed by atoms with Crippen LogP contribution in [-0.2, 0) is 11.3 Å². The highest BCUT2D eigenvalue weighted by Crippen LogP contribution is 2.34. The standard InChI is InChI=1S/C24H31FN2O/c1-18(2)13-27(19(3)28)16-22-15-26(14-20-7-5-4-6-8-20)17-24(22)21-9-11-23(25)12-10-21/h4-12,18,22,24H,13-17H2,1-3H3. The quantitative estimate of drug-likeness (QED) is 0.702. The first-order chi connectivity index (χ1) is 13.4. The Bertz CT molecular complexity index is 760. The Balaban J connectivity index is 1.78. The molecule has 2 aromatic carbocycles. The topological polar surface area (TPSA) is 23.6 Å². The number of benzene rings is 2. The van der Waals surface area contributed by atoms with Crippen molar-refractivity contribution in [3.63, 3.8) is 0 Å². The maximum Gasteiger partial charge on any atom is 0.219 e. The van der Waals surface area contributed by atoms with Crippen LogP contribution in [-0.4, -0.2) is 41.9 Å². The van der Waals surface area contributed by atoms with Crippen LogP contribution in [0.5, 0.6) is 0 Å². The number of rotatable bonds is 7. The molecule has 1 heterocycles. The molecule has 2 unspecified atom stereocenters. The molecular weight excluding hydrogens is 351 g/mol. The van der Waals surface area contributed by atoms with E-state index < -0.39 is 0 Å². The fourth-order valence-electron chi connectivity index (χ4n) is 4.26. The molecule has 150 valence electrons. The SMILES string of the molecule is CC(=O)N(CC(C)C)CC1CN(Cc2ccccc2)CC1c1ccc(F)cc1. The Hall–Kier alpha value is -2.20. The molecule has 2 atom stereocenters. The molecule has 1 aliphatic rings. The van der Waals surface area contributed by atoms with E-state index in [1.807, 2.05) is 23.1 Å². The minimum atomic E-state index is -0.204. The molecule has 28 heavy (non-hydrogen) atoms. The maximum atomic E-state index is 13.4. The van der Waals surface area contributed by atoms with E-state index in [0.29, 0.717) is 17.8 Å². The van der Waals surface area contributed by atoms with E-state index in [0.717, 1.165) is 38.3 Å². The van der Waals surface area contributed by atoms with Gasteiger partial charge in [-0.2, -0.15) is 0 Å². The monoisotopic (exact) mass is 382 g/mol. The van der Waals surface area contributed by atoms with Gasteiger partial charge in [-0.1, -0.05) is 56.3 Å². The lowest BCUT2D eigenvalue weighted by Gasteiger charge is -2.29. The Morgan fingerprint density at radius 2 is 1.79 bits per heavy atom. The van der Waals surface area contributed by atoms with E-state index in [1.165, 1.54) is 5.56 Å². The molecule has 0 spiro atoms. The maximum absolute atomic E-state index is 13.4. The average Bonchev–Trinajstić information content (AvgIpc) is 3.04. The summed E-state index contributed by atoms with van der Waals surface area (Å²) in [6.07, 6.45) is 0. The third-order valence-electron chi connectivity index (χ3n) is 5.55. The van der Waals surface area contributed by atoms with Gasteiger partial charge in [0.15, 0.2) is 0 Å². The molecule has 3 nitrogen and oxygen atoms in total. The van der Waals surface area contributed by atoms with Gasteiger partial charge in [-0.15, -0.1) is 0 Å². The number of hydrogen-bond donors (Lipinski definition) is 0. The molecule has 0 aliphatic carbocycles. The molecule has 1 fully saturated rings. The molecule has 1 aliphatic heterocycles. The first kappa shape index (κ1) is 20.5. The molecule has 0 bridgehead atoms. The zero-order valence-electron chi connectivity index (χ0n) is 17.1.